The van der Waals surface area contributed by atoms with Gasteiger partial charge in [0.15, 0.2) is 11.0 Å². The molecule has 0 aliphatic carbocycles. The summed E-state index contributed by atoms with van der Waals surface area (Å²) in [5.41, 5.74) is 1.47. The summed E-state index contributed by atoms with van der Waals surface area (Å²) in [5.74, 6) is -3.38. The summed E-state index contributed by atoms with van der Waals surface area (Å²) in [4.78, 5) is 37.6. The highest BCUT2D eigenvalue weighted by atomic mass is 32.1. The van der Waals surface area contributed by atoms with Gasteiger partial charge >= 0.3 is 17.9 Å². The molecule has 0 aliphatic rings. The van der Waals surface area contributed by atoms with E-state index in [-0.39, 0.29) is 23.8 Å². The lowest BCUT2D eigenvalue weighted by molar-refractivity contribution is -0.153. The van der Waals surface area contributed by atoms with Gasteiger partial charge in [0, 0.05) is 11.1 Å². The van der Waals surface area contributed by atoms with E-state index in [1.807, 2.05) is 12.1 Å². The zero-order valence-electron chi connectivity index (χ0n) is 17.1. The Kier molecular flexibility index (Phi) is 8.11. The topological polar surface area (TPSA) is 112 Å². The van der Waals surface area contributed by atoms with E-state index in [0.717, 1.165) is 16.9 Å². The first-order chi connectivity index (χ1) is 14.4. The molecule has 9 heteroatoms. The summed E-state index contributed by atoms with van der Waals surface area (Å²) >= 11 is 1.08. The molecule has 1 aromatic carbocycles. The molecule has 30 heavy (non-hydrogen) atoms. The van der Waals surface area contributed by atoms with Crippen molar-refractivity contribution in [3.05, 3.63) is 35.4 Å². The first-order valence-electron chi connectivity index (χ1n) is 9.21. The van der Waals surface area contributed by atoms with E-state index in [1.54, 1.807) is 40.0 Å². The fourth-order valence-corrected chi connectivity index (χ4v) is 3.79. The molecular formula is C21H23NO7S. The smallest absolute Gasteiger partial charge is 0.343 e. The van der Waals surface area contributed by atoms with Crippen molar-refractivity contribution in [3.8, 4) is 21.3 Å². The number of carbonyl (C=O) groups is 3. The Morgan fingerprint density at radius 2 is 1.70 bits per heavy atom. The summed E-state index contributed by atoms with van der Waals surface area (Å²) in [5, 5.41) is 7.36. The number of rotatable bonds is 9. The van der Waals surface area contributed by atoms with Crippen molar-refractivity contribution in [2.75, 3.05) is 20.3 Å². The highest BCUT2D eigenvalue weighted by Crippen LogP contribution is 2.42. The minimum Gasteiger partial charge on any atom is -0.497 e. The molecule has 1 heterocycles. The number of ether oxygens (including phenoxy) is 4. The molecule has 0 radical (unpaired) electrons. The molecule has 8 nitrogen and oxygen atoms in total. The van der Waals surface area contributed by atoms with E-state index in [9.17, 15) is 14.4 Å². The van der Waals surface area contributed by atoms with Crippen LogP contribution < -0.4 is 9.47 Å². The van der Waals surface area contributed by atoms with Crippen LogP contribution in [0.4, 0.5) is 0 Å². The molecule has 0 saturated heterocycles. The summed E-state index contributed by atoms with van der Waals surface area (Å²) in [7, 11) is 1.56. The molecule has 2 rings (SSSR count). The van der Waals surface area contributed by atoms with Gasteiger partial charge in [0.2, 0.25) is 0 Å². The Morgan fingerprint density at radius 1 is 1.07 bits per heavy atom. The van der Waals surface area contributed by atoms with Gasteiger partial charge in [-0.25, -0.2) is 4.79 Å². The Hall–Kier alpha value is -3.20. The second kappa shape index (κ2) is 10.5. The Morgan fingerprint density at radius 3 is 2.23 bits per heavy atom. The monoisotopic (exact) mass is 433 g/mol. The number of thiophene rings is 1. The standard InChI is InChI=1S/C21H23NO7S/c1-5-27-18(23)15(11-22)19(24)29-21-16(20(25)28-6-2)12(3)17(30-21)13-7-9-14(26-4)10-8-13/h7-11,15,22H,5-6H2,1-4H3. The molecule has 0 spiro atoms. The third-order valence-corrected chi connectivity index (χ3v) is 5.32. The lowest BCUT2D eigenvalue weighted by Crippen LogP contribution is -2.31. The van der Waals surface area contributed by atoms with Gasteiger partial charge in [-0.05, 0) is 56.2 Å². The van der Waals surface area contributed by atoms with Crippen molar-refractivity contribution < 1.29 is 33.3 Å². The molecule has 160 valence electrons. The number of hydrogen-bond acceptors (Lipinski definition) is 9. The lowest BCUT2D eigenvalue weighted by atomic mass is 10.1. The zero-order valence-corrected chi connectivity index (χ0v) is 18.0. The van der Waals surface area contributed by atoms with Crippen LogP contribution in [0.5, 0.6) is 10.8 Å². The molecule has 0 bridgehead atoms. The Bertz CT molecular complexity index is 934. The van der Waals surface area contributed by atoms with Crippen LogP contribution >= 0.6 is 11.3 Å². The first-order valence-corrected chi connectivity index (χ1v) is 10.0. The lowest BCUT2D eigenvalue weighted by Gasteiger charge is -2.10. The van der Waals surface area contributed by atoms with Crippen molar-refractivity contribution in [3.63, 3.8) is 0 Å². The minimum absolute atomic E-state index is 0.00193. The highest BCUT2D eigenvalue weighted by Gasteiger charge is 2.32. The van der Waals surface area contributed by atoms with Gasteiger partial charge in [-0.2, -0.15) is 0 Å². The number of carbonyl (C=O) groups excluding carboxylic acids is 3. The number of methoxy groups -OCH3 is 1. The van der Waals surface area contributed by atoms with Crippen LogP contribution in [0.25, 0.3) is 10.4 Å². The van der Waals surface area contributed by atoms with Crippen molar-refractivity contribution in [1.82, 2.24) is 0 Å². The molecule has 0 fully saturated rings. The molecule has 0 saturated carbocycles. The quantitative estimate of drug-likeness (QED) is 0.365. The van der Waals surface area contributed by atoms with Crippen LogP contribution in [-0.4, -0.2) is 44.4 Å². The average molecular weight is 433 g/mol. The highest BCUT2D eigenvalue weighted by molar-refractivity contribution is 7.18. The number of esters is 3. The molecule has 1 atom stereocenters. The summed E-state index contributed by atoms with van der Waals surface area (Å²) in [6.45, 7) is 5.18. The third kappa shape index (κ3) is 5.04. The molecular weight excluding hydrogens is 410 g/mol. The number of hydrogen-bond donors (Lipinski definition) is 1. The predicted molar refractivity (Wildman–Crippen MR) is 112 cm³/mol. The van der Waals surface area contributed by atoms with Gasteiger partial charge in [-0.3, -0.25) is 9.59 Å². The second-order valence-electron chi connectivity index (χ2n) is 5.99. The molecule has 1 aromatic heterocycles. The number of nitrogens with one attached hydrogen (secondary N) is 1. The molecule has 1 unspecified atom stereocenters. The normalized spacial score (nSPS) is 11.3. The first kappa shape index (κ1) is 23.1. The SMILES string of the molecule is CCOC(=O)c1c(OC(=O)C(C=N)C(=O)OCC)sc(-c2ccc(OC)cc2)c1C. The van der Waals surface area contributed by atoms with Gasteiger partial charge in [-0.1, -0.05) is 11.3 Å². The molecule has 0 amide bonds. The van der Waals surface area contributed by atoms with Crippen molar-refractivity contribution in [1.29, 1.82) is 5.41 Å². The van der Waals surface area contributed by atoms with Gasteiger partial charge in [0.1, 0.15) is 11.3 Å². The zero-order chi connectivity index (χ0) is 22.3. The maximum absolute atomic E-state index is 12.5. The van der Waals surface area contributed by atoms with E-state index in [1.165, 1.54) is 0 Å². The van der Waals surface area contributed by atoms with Gasteiger partial charge in [-0.15, -0.1) is 0 Å². The van der Waals surface area contributed by atoms with Crippen LogP contribution in [-0.2, 0) is 19.1 Å². The second-order valence-corrected chi connectivity index (χ2v) is 6.97. The van der Waals surface area contributed by atoms with Crippen LogP contribution in [0, 0.1) is 18.3 Å². The van der Waals surface area contributed by atoms with E-state index >= 15 is 0 Å². The van der Waals surface area contributed by atoms with Crippen LogP contribution in [0.2, 0.25) is 0 Å². The van der Waals surface area contributed by atoms with E-state index in [0.29, 0.717) is 22.4 Å². The van der Waals surface area contributed by atoms with Crippen LogP contribution in [0.3, 0.4) is 0 Å². The maximum atomic E-state index is 12.5. The van der Waals surface area contributed by atoms with Gasteiger partial charge in [0.25, 0.3) is 0 Å². The van der Waals surface area contributed by atoms with Gasteiger partial charge in [0.05, 0.1) is 20.3 Å². The predicted octanol–water partition coefficient (Wildman–Crippen LogP) is 3.64. The van der Waals surface area contributed by atoms with E-state index < -0.39 is 23.8 Å². The minimum atomic E-state index is -1.52. The molecule has 1 N–H and O–H groups in total. The van der Waals surface area contributed by atoms with Crippen molar-refractivity contribution in [2.24, 2.45) is 5.92 Å². The van der Waals surface area contributed by atoms with Crippen LogP contribution in [0.15, 0.2) is 24.3 Å². The van der Waals surface area contributed by atoms with Crippen LogP contribution in [0.1, 0.15) is 29.8 Å². The van der Waals surface area contributed by atoms with Crippen molar-refractivity contribution >= 4 is 35.5 Å². The average Bonchev–Trinajstić information content (AvgIpc) is 3.04. The summed E-state index contributed by atoms with van der Waals surface area (Å²) in [6.07, 6.45) is 0.648. The molecule has 0 aliphatic heterocycles. The van der Waals surface area contributed by atoms with Crippen molar-refractivity contribution in [2.45, 2.75) is 20.8 Å². The molecule has 2 aromatic rings. The number of benzene rings is 1. The summed E-state index contributed by atoms with van der Waals surface area (Å²) < 4.78 is 20.4. The third-order valence-electron chi connectivity index (χ3n) is 4.10. The largest absolute Gasteiger partial charge is 0.497 e. The fourth-order valence-electron chi connectivity index (χ4n) is 2.64. The van der Waals surface area contributed by atoms with E-state index in [4.69, 9.17) is 24.4 Å². The fraction of sp³-hybridized carbons (Fsp3) is 0.333. The maximum Gasteiger partial charge on any atom is 0.343 e. The van der Waals surface area contributed by atoms with Gasteiger partial charge < -0.3 is 24.4 Å². The summed E-state index contributed by atoms with van der Waals surface area (Å²) in [6, 6.07) is 7.18. The Balaban J connectivity index is 2.46. The Labute approximate surface area is 178 Å². The van der Waals surface area contributed by atoms with E-state index in [2.05, 4.69) is 0 Å².